The summed E-state index contributed by atoms with van der Waals surface area (Å²) in [7, 11) is 0. The van der Waals surface area contributed by atoms with Gasteiger partial charge in [-0.25, -0.2) is 4.98 Å². The van der Waals surface area contributed by atoms with Gasteiger partial charge in [-0.3, -0.25) is 4.79 Å². The summed E-state index contributed by atoms with van der Waals surface area (Å²) in [5.41, 5.74) is -0.773. The number of carbonyl (C=O) groups excluding carboxylic acids is 1. The molecule has 1 fully saturated rings. The molecular weight excluding hydrogens is 247 g/mol. The van der Waals surface area contributed by atoms with Crippen LogP contribution in [0.4, 0.5) is 19.0 Å². The number of carbonyl (C=O) groups is 1. The average molecular weight is 259 g/mol. The number of alkyl halides is 3. The van der Waals surface area contributed by atoms with E-state index >= 15 is 0 Å². The highest BCUT2D eigenvalue weighted by molar-refractivity contribution is 5.76. The molecule has 98 valence electrons. The van der Waals surface area contributed by atoms with E-state index in [1.807, 2.05) is 0 Å². The third-order valence-corrected chi connectivity index (χ3v) is 2.71. The Hall–Kier alpha value is -1.79. The quantitative estimate of drug-likeness (QED) is 0.851. The Morgan fingerprint density at radius 2 is 2.17 bits per heavy atom. The molecule has 0 aromatic carbocycles. The summed E-state index contributed by atoms with van der Waals surface area (Å²) in [6.07, 6.45) is -2.51. The van der Waals surface area contributed by atoms with Gasteiger partial charge in [0.25, 0.3) is 0 Å². The van der Waals surface area contributed by atoms with E-state index in [9.17, 15) is 18.0 Å². The highest BCUT2D eigenvalue weighted by atomic mass is 19.4. The first kappa shape index (κ1) is 12.7. The SMILES string of the molecule is O=C1CCC(Nc2ccc(C(F)(F)F)cn2)CN1. The second-order valence-corrected chi connectivity index (χ2v) is 4.11. The van der Waals surface area contributed by atoms with E-state index in [4.69, 9.17) is 0 Å². The van der Waals surface area contributed by atoms with Gasteiger partial charge in [0.2, 0.25) is 5.91 Å². The Kier molecular flexibility index (Phi) is 3.40. The standard InChI is InChI=1S/C11H12F3N3O/c12-11(13,14)7-1-3-9(15-5-7)17-8-2-4-10(18)16-6-8/h1,3,5,8H,2,4,6H2,(H,15,17)(H,16,18). The molecule has 1 aromatic rings. The maximum Gasteiger partial charge on any atom is 0.417 e. The molecule has 1 saturated heterocycles. The molecule has 1 aromatic heterocycles. The lowest BCUT2D eigenvalue weighted by atomic mass is 10.1. The number of halogens is 3. The summed E-state index contributed by atoms with van der Waals surface area (Å²) in [6.45, 7) is 0.460. The lowest BCUT2D eigenvalue weighted by Gasteiger charge is -2.23. The number of rotatable bonds is 2. The fraction of sp³-hybridized carbons (Fsp3) is 0.455. The number of nitrogens with one attached hydrogen (secondary N) is 2. The van der Waals surface area contributed by atoms with Crippen molar-refractivity contribution in [1.82, 2.24) is 10.3 Å². The van der Waals surface area contributed by atoms with E-state index in [2.05, 4.69) is 15.6 Å². The van der Waals surface area contributed by atoms with Crippen LogP contribution in [0.5, 0.6) is 0 Å². The van der Waals surface area contributed by atoms with E-state index in [1.54, 1.807) is 0 Å². The molecular formula is C11H12F3N3O. The van der Waals surface area contributed by atoms with Crippen LogP contribution in [0, 0.1) is 0 Å². The first-order valence-corrected chi connectivity index (χ1v) is 5.51. The van der Waals surface area contributed by atoms with Crippen molar-refractivity contribution < 1.29 is 18.0 Å². The van der Waals surface area contributed by atoms with Gasteiger partial charge in [-0.05, 0) is 18.6 Å². The zero-order valence-electron chi connectivity index (χ0n) is 9.42. The minimum Gasteiger partial charge on any atom is -0.366 e. The van der Waals surface area contributed by atoms with Gasteiger partial charge < -0.3 is 10.6 Å². The largest absolute Gasteiger partial charge is 0.417 e. The van der Waals surface area contributed by atoms with Crippen LogP contribution < -0.4 is 10.6 Å². The second kappa shape index (κ2) is 4.83. The summed E-state index contributed by atoms with van der Waals surface area (Å²) in [5, 5.41) is 5.67. The normalized spacial score (nSPS) is 20.4. The lowest BCUT2D eigenvalue weighted by molar-refractivity contribution is -0.137. The van der Waals surface area contributed by atoms with Gasteiger partial charge in [0, 0.05) is 25.2 Å². The molecule has 1 unspecified atom stereocenters. The first-order valence-electron chi connectivity index (χ1n) is 5.51. The van der Waals surface area contributed by atoms with E-state index in [0.717, 1.165) is 12.3 Å². The molecule has 2 N–H and O–H groups in total. The number of aromatic nitrogens is 1. The molecule has 0 bridgehead atoms. The van der Waals surface area contributed by atoms with Crippen molar-refractivity contribution in [1.29, 1.82) is 0 Å². The van der Waals surface area contributed by atoms with Crippen LogP contribution in [0.3, 0.4) is 0 Å². The van der Waals surface area contributed by atoms with Crippen LogP contribution in [0.25, 0.3) is 0 Å². The van der Waals surface area contributed by atoms with Gasteiger partial charge in [-0.1, -0.05) is 0 Å². The maximum atomic E-state index is 12.3. The number of hydrogen-bond acceptors (Lipinski definition) is 3. The van der Waals surface area contributed by atoms with Crippen LogP contribution in [-0.4, -0.2) is 23.5 Å². The molecule has 0 radical (unpaired) electrons. The predicted octanol–water partition coefficient (Wildman–Crippen LogP) is 1.79. The Morgan fingerprint density at radius 3 is 2.67 bits per heavy atom. The molecule has 1 amide bonds. The van der Waals surface area contributed by atoms with Gasteiger partial charge in [-0.2, -0.15) is 13.2 Å². The number of nitrogens with zero attached hydrogens (tertiary/aromatic N) is 1. The summed E-state index contributed by atoms with van der Waals surface area (Å²) in [5.74, 6) is 0.373. The number of amides is 1. The minimum atomic E-state index is -4.37. The molecule has 18 heavy (non-hydrogen) atoms. The Balaban J connectivity index is 1.96. The fourth-order valence-corrected chi connectivity index (χ4v) is 1.71. The highest BCUT2D eigenvalue weighted by Crippen LogP contribution is 2.28. The van der Waals surface area contributed by atoms with Gasteiger partial charge >= 0.3 is 6.18 Å². The second-order valence-electron chi connectivity index (χ2n) is 4.11. The third-order valence-electron chi connectivity index (χ3n) is 2.71. The third kappa shape index (κ3) is 3.12. The monoisotopic (exact) mass is 259 g/mol. The van der Waals surface area contributed by atoms with Gasteiger partial charge in [0.15, 0.2) is 0 Å². The van der Waals surface area contributed by atoms with E-state index < -0.39 is 11.7 Å². The first-order chi connectivity index (χ1) is 8.45. The number of pyridine rings is 1. The number of anilines is 1. The van der Waals surface area contributed by atoms with Crippen molar-refractivity contribution in [3.63, 3.8) is 0 Å². The summed E-state index contributed by atoms with van der Waals surface area (Å²) in [6, 6.07) is 2.28. The van der Waals surface area contributed by atoms with Crippen LogP contribution >= 0.6 is 0 Å². The zero-order chi connectivity index (χ0) is 13.2. The minimum absolute atomic E-state index is 0.00608. The molecule has 1 atom stereocenters. The van der Waals surface area contributed by atoms with Crippen molar-refractivity contribution in [2.24, 2.45) is 0 Å². The predicted molar refractivity (Wildman–Crippen MR) is 58.9 cm³/mol. The molecule has 1 aliphatic rings. The van der Waals surface area contributed by atoms with Crippen LogP contribution in [0.1, 0.15) is 18.4 Å². The topological polar surface area (TPSA) is 54.0 Å². The summed E-state index contributed by atoms with van der Waals surface area (Å²) in [4.78, 5) is 14.7. The molecule has 1 aliphatic heterocycles. The van der Waals surface area contributed by atoms with Crippen molar-refractivity contribution in [3.05, 3.63) is 23.9 Å². The van der Waals surface area contributed by atoms with Crippen LogP contribution in [0.15, 0.2) is 18.3 Å². The van der Waals surface area contributed by atoms with E-state index in [1.165, 1.54) is 6.07 Å². The van der Waals surface area contributed by atoms with Gasteiger partial charge in [0.1, 0.15) is 5.82 Å². The van der Waals surface area contributed by atoms with Gasteiger partial charge in [0.05, 0.1) is 5.56 Å². The molecule has 0 saturated carbocycles. The molecule has 2 heterocycles. The summed E-state index contributed by atoms with van der Waals surface area (Å²) >= 11 is 0. The van der Waals surface area contributed by atoms with Crippen molar-refractivity contribution in [3.8, 4) is 0 Å². The molecule has 7 heteroatoms. The number of hydrogen-bond donors (Lipinski definition) is 2. The Morgan fingerprint density at radius 1 is 1.39 bits per heavy atom. The van der Waals surface area contributed by atoms with Crippen molar-refractivity contribution in [2.75, 3.05) is 11.9 Å². The van der Waals surface area contributed by atoms with E-state index in [-0.39, 0.29) is 11.9 Å². The average Bonchev–Trinajstić information content (AvgIpc) is 2.32. The molecule has 2 rings (SSSR count). The maximum absolute atomic E-state index is 12.3. The fourth-order valence-electron chi connectivity index (χ4n) is 1.71. The Labute approximate surface area is 102 Å². The van der Waals surface area contributed by atoms with Crippen LogP contribution in [0.2, 0.25) is 0 Å². The van der Waals surface area contributed by atoms with Gasteiger partial charge in [-0.15, -0.1) is 0 Å². The lowest BCUT2D eigenvalue weighted by Crippen LogP contribution is -2.42. The van der Waals surface area contributed by atoms with Crippen molar-refractivity contribution >= 4 is 11.7 Å². The number of piperidine rings is 1. The molecule has 0 spiro atoms. The smallest absolute Gasteiger partial charge is 0.366 e. The summed E-state index contributed by atoms with van der Waals surface area (Å²) < 4.78 is 36.9. The molecule has 0 aliphatic carbocycles. The van der Waals surface area contributed by atoms with Crippen molar-refractivity contribution in [2.45, 2.75) is 25.1 Å². The zero-order valence-corrected chi connectivity index (χ0v) is 9.42. The Bertz CT molecular complexity index is 420. The molecule has 4 nitrogen and oxygen atoms in total. The van der Waals surface area contributed by atoms with E-state index in [0.29, 0.717) is 25.2 Å². The van der Waals surface area contributed by atoms with Crippen LogP contribution in [-0.2, 0) is 11.0 Å². The highest BCUT2D eigenvalue weighted by Gasteiger charge is 2.30.